The highest BCUT2D eigenvalue weighted by Crippen LogP contribution is 2.11. The van der Waals surface area contributed by atoms with Crippen molar-refractivity contribution in [1.29, 1.82) is 0 Å². The summed E-state index contributed by atoms with van der Waals surface area (Å²) in [4.78, 5) is 0. The number of hydrogen-bond acceptors (Lipinski definition) is 1. The van der Waals surface area contributed by atoms with Crippen LogP contribution in [0.4, 0.5) is 19.8 Å². The number of nitrogen functional groups attached to an aromatic ring is 1. The van der Waals surface area contributed by atoms with Gasteiger partial charge in [0.05, 0.1) is 0 Å². The summed E-state index contributed by atoms with van der Waals surface area (Å²) in [7, 11) is 0. The summed E-state index contributed by atoms with van der Waals surface area (Å²) >= 11 is 3.28. The van der Waals surface area contributed by atoms with Crippen LogP contribution < -0.4 is 5.73 Å². The zero-order chi connectivity index (χ0) is 5.98. The van der Waals surface area contributed by atoms with E-state index in [9.17, 15) is 0 Å². The Kier molecular flexibility index (Phi) is 11.2. The molecular weight excluding hydrogens is 223 g/mol. The molecule has 2 N–H and O–H groups in total. The van der Waals surface area contributed by atoms with Crippen LogP contribution in [0.15, 0.2) is 28.7 Å². The van der Waals surface area contributed by atoms with Crippen molar-refractivity contribution in [3.8, 4) is 0 Å². The molecule has 1 aromatic rings. The van der Waals surface area contributed by atoms with Crippen molar-refractivity contribution in [2.45, 2.75) is 0 Å². The molecule has 1 rings (SSSR count). The second kappa shape index (κ2) is 7.40. The average molecular weight is 232 g/mol. The first-order chi connectivity index (χ1) is 3.79. The van der Waals surface area contributed by atoms with Gasteiger partial charge in [-0.15, -0.1) is 0 Å². The molecule has 0 spiro atoms. The molecule has 0 aliphatic rings. The first-order valence-electron chi connectivity index (χ1n) is 2.30. The van der Waals surface area contributed by atoms with Crippen LogP contribution in [0.3, 0.4) is 0 Å². The van der Waals surface area contributed by atoms with Crippen molar-refractivity contribution in [3.05, 3.63) is 28.7 Å². The van der Waals surface area contributed by atoms with Gasteiger partial charge in [-0.3, -0.25) is 14.1 Å². The van der Waals surface area contributed by atoms with Crippen molar-refractivity contribution >= 4 is 21.6 Å². The highest BCUT2D eigenvalue weighted by Gasteiger charge is 1.82. The highest BCUT2D eigenvalue weighted by molar-refractivity contribution is 9.10. The van der Waals surface area contributed by atoms with E-state index in [1.807, 2.05) is 24.3 Å². The molecule has 1 nitrogen and oxygen atoms in total. The van der Waals surface area contributed by atoms with E-state index in [1.54, 1.807) is 0 Å². The van der Waals surface area contributed by atoms with Gasteiger partial charge in [0, 0.05) is 10.2 Å². The SMILES string of the molecule is F.F.F.Nc1cccc(Br)c1. The van der Waals surface area contributed by atoms with Gasteiger partial charge >= 0.3 is 0 Å². The summed E-state index contributed by atoms with van der Waals surface area (Å²) < 4.78 is 1.03. The molecule has 0 radical (unpaired) electrons. The van der Waals surface area contributed by atoms with E-state index in [2.05, 4.69) is 15.9 Å². The minimum absolute atomic E-state index is 0. The maximum atomic E-state index is 5.43. The van der Waals surface area contributed by atoms with Crippen LogP contribution in [0.5, 0.6) is 0 Å². The molecule has 1 aromatic carbocycles. The van der Waals surface area contributed by atoms with E-state index in [0.29, 0.717) is 0 Å². The van der Waals surface area contributed by atoms with Crippen molar-refractivity contribution in [3.63, 3.8) is 0 Å². The van der Waals surface area contributed by atoms with E-state index in [0.717, 1.165) is 10.2 Å². The number of halogens is 4. The van der Waals surface area contributed by atoms with Crippen molar-refractivity contribution in [2.75, 3.05) is 5.73 Å². The molecule has 0 unspecified atom stereocenters. The lowest BCUT2D eigenvalue weighted by molar-refractivity contribution is 1.11. The fourth-order valence-electron chi connectivity index (χ4n) is 0.507. The molecular formula is C6H9BrF3N. The summed E-state index contributed by atoms with van der Waals surface area (Å²) in [6.07, 6.45) is 0. The molecule has 5 heteroatoms. The van der Waals surface area contributed by atoms with Crippen LogP contribution in [0.25, 0.3) is 0 Å². The number of anilines is 1. The molecule has 0 aliphatic heterocycles. The average Bonchev–Trinajstić information content (AvgIpc) is 1.64. The van der Waals surface area contributed by atoms with Crippen molar-refractivity contribution < 1.29 is 14.1 Å². The van der Waals surface area contributed by atoms with Crippen molar-refractivity contribution in [2.24, 2.45) is 0 Å². The Balaban J connectivity index is -0.000000213. The molecule has 0 saturated carbocycles. The van der Waals surface area contributed by atoms with Gasteiger partial charge in [0.2, 0.25) is 0 Å². The summed E-state index contributed by atoms with van der Waals surface area (Å²) in [6.45, 7) is 0. The molecule has 0 aromatic heterocycles. The predicted octanol–water partition coefficient (Wildman–Crippen LogP) is 2.49. The first kappa shape index (κ1) is 16.7. The molecule has 0 aliphatic carbocycles. The molecule has 66 valence electrons. The standard InChI is InChI=1S/C6H6BrN.3FH/c7-5-2-1-3-6(8)4-5;;;/h1-4H,8H2;3*1H. The lowest BCUT2D eigenvalue weighted by Crippen LogP contribution is -1.80. The zero-order valence-corrected chi connectivity index (χ0v) is 7.08. The molecule has 0 fully saturated rings. The zero-order valence-electron chi connectivity index (χ0n) is 5.49. The Labute approximate surface area is 70.8 Å². The summed E-state index contributed by atoms with van der Waals surface area (Å²) in [5.74, 6) is 0. The van der Waals surface area contributed by atoms with E-state index >= 15 is 0 Å². The maximum absolute atomic E-state index is 5.43. The second-order valence-corrected chi connectivity index (χ2v) is 2.47. The second-order valence-electron chi connectivity index (χ2n) is 1.56. The van der Waals surface area contributed by atoms with Crippen LogP contribution in [-0.2, 0) is 0 Å². The van der Waals surface area contributed by atoms with E-state index in [1.165, 1.54) is 0 Å². The third-order valence-electron chi connectivity index (χ3n) is 0.849. The fourth-order valence-corrected chi connectivity index (χ4v) is 0.924. The lowest BCUT2D eigenvalue weighted by atomic mass is 10.3. The molecule has 11 heavy (non-hydrogen) atoms. The normalized spacial score (nSPS) is 6.64. The van der Waals surface area contributed by atoms with Crippen LogP contribution in [-0.4, -0.2) is 0 Å². The van der Waals surface area contributed by atoms with E-state index in [4.69, 9.17) is 5.73 Å². The van der Waals surface area contributed by atoms with Gasteiger partial charge in [-0.2, -0.15) is 0 Å². The van der Waals surface area contributed by atoms with Gasteiger partial charge in [0.15, 0.2) is 0 Å². The Morgan fingerprint density at radius 1 is 1.09 bits per heavy atom. The predicted molar refractivity (Wildman–Crippen MR) is 46.1 cm³/mol. The Morgan fingerprint density at radius 3 is 1.91 bits per heavy atom. The topological polar surface area (TPSA) is 26.0 Å². The van der Waals surface area contributed by atoms with Gasteiger partial charge in [0.25, 0.3) is 0 Å². The van der Waals surface area contributed by atoms with Crippen LogP contribution >= 0.6 is 15.9 Å². The quantitative estimate of drug-likeness (QED) is 0.683. The van der Waals surface area contributed by atoms with Crippen molar-refractivity contribution in [1.82, 2.24) is 0 Å². The van der Waals surface area contributed by atoms with E-state index < -0.39 is 0 Å². The Morgan fingerprint density at radius 2 is 1.64 bits per heavy atom. The van der Waals surface area contributed by atoms with Crippen LogP contribution in [0, 0.1) is 0 Å². The highest BCUT2D eigenvalue weighted by atomic mass is 79.9. The summed E-state index contributed by atoms with van der Waals surface area (Å²) in [5.41, 5.74) is 6.22. The fraction of sp³-hybridized carbons (Fsp3) is 0. The smallest absolute Gasteiger partial charge is 0.0325 e. The summed E-state index contributed by atoms with van der Waals surface area (Å²) in [5, 5.41) is 0. The third-order valence-corrected chi connectivity index (χ3v) is 1.34. The van der Waals surface area contributed by atoms with Gasteiger partial charge in [-0.05, 0) is 18.2 Å². The van der Waals surface area contributed by atoms with Gasteiger partial charge in [0.1, 0.15) is 0 Å². The number of rotatable bonds is 0. The minimum Gasteiger partial charge on any atom is -0.399 e. The van der Waals surface area contributed by atoms with E-state index in [-0.39, 0.29) is 14.1 Å². The largest absolute Gasteiger partial charge is 0.399 e. The molecule has 0 heterocycles. The molecule has 0 saturated heterocycles. The van der Waals surface area contributed by atoms with Crippen LogP contribution in [0.2, 0.25) is 0 Å². The van der Waals surface area contributed by atoms with Crippen LogP contribution in [0.1, 0.15) is 0 Å². The number of nitrogens with two attached hydrogens (primary N) is 1. The minimum atomic E-state index is 0. The summed E-state index contributed by atoms with van der Waals surface area (Å²) in [6, 6.07) is 7.56. The molecule has 0 bridgehead atoms. The van der Waals surface area contributed by atoms with Gasteiger partial charge < -0.3 is 5.73 Å². The Bertz CT molecular complexity index is 178. The van der Waals surface area contributed by atoms with Gasteiger partial charge in [-0.1, -0.05) is 22.0 Å². The molecule has 0 amide bonds. The Hall–Kier alpha value is -0.710. The lowest BCUT2D eigenvalue weighted by Gasteiger charge is -1.89. The van der Waals surface area contributed by atoms with Gasteiger partial charge in [-0.25, -0.2) is 0 Å². The third kappa shape index (κ3) is 5.72. The monoisotopic (exact) mass is 231 g/mol. The number of hydrogen-bond donors (Lipinski definition) is 1. The maximum Gasteiger partial charge on any atom is 0.0325 e. The number of benzene rings is 1. The first-order valence-corrected chi connectivity index (χ1v) is 3.09. The molecule has 0 atom stereocenters.